The molecule has 0 radical (unpaired) electrons. The van der Waals surface area contributed by atoms with Crippen LogP contribution in [0.3, 0.4) is 0 Å². The molecule has 18 heavy (non-hydrogen) atoms. The summed E-state index contributed by atoms with van der Waals surface area (Å²) in [7, 11) is 0. The zero-order valence-electron chi connectivity index (χ0n) is 9.67. The van der Waals surface area contributed by atoms with E-state index >= 15 is 0 Å². The molecule has 1 aromatic carbocycles. The minimum Gasteiger partial charge on any atom is -0.480 e. The summed E-state index contributed by atoms with van der Waals surface area (Å²) < 4.78 is 13.7. The molecule has 1 aliphatic heterocycles. The number of aliphatic carboxylic acids is 1. The molecule has 1 amide bonds. The average Bonchev–Trinajstić information content (AvgIpc) is 2.70. The monoisotopic (exact) mass is 269 g/mol. The number of carbonyl (C=O) groups excluding carboxylic acids is 1. The summed E-state index contributed by atoms with van der Waals surface area (Å²) in [5.41, 5.74) is 0.349. The largest absolute Gasteiger partial charge is 0.480 e. The SMILES string of the molecule is C[C@H](C(=O)O)N1C(=O)CS[C@H]1c1ccccc1F. The lowest BCUT2D eigenvalue weighted by atomic mass is 10.1. The van der Waals surface area contributed by atoms with E-state index < -0.39 is 23.2 Å². The molecule has 1 saturated heterocycles. The fourth-order valence-corrected chi connectivity index (χ4v) is 3.17. The highest BCUT2D eigenvalue weighted by atomic mass is 32.2. The van der Waals surface area contributed by atoms with Gasteiger partial charge in [-0.25, -0.2) is 9.18 Å². The van der Waals surface area contributed by atoms with Crippen molar-refractivity contribution in [3.8, 4) is 0 Å². The molecular formula is C12H12FNO3S. The van der Waals surface area contributed by atoms with Gasteiger partial charge in [0, 0.05) is 5.56 Å². The molecule has 0 saturated carbocycles. The Bertz CT molecular complexity index is 494. The number of rotatable bonds is 3. The predicted molar refractivity (Wildman–Crippen MR) is 65.5 cm³/mol. The first-order chi connectivity index (χ1) is 8.52. The Morgan fingerprint density at radius 3 is 2.83 bits per heavy atom. The summed E-state index contributed by atoms with van der Waals surface area (Å²) in [5, 5.41) is 8.43. The van der Waals surface area contributed by atoms with Crippen molar-refractivity contribution in [2.75, 3.05) is 5.75 Å². The summed E-state index contributed by atoms with van der Waals surface area (Å²) in [4.78, 5) is 24.0. The molecule has 0 unspecified atom stereocenters. The van der Waals surface area contributed by atoms with E-state index in [0.29, 0.717) is 5.56 Å². The van der Waals surface area contributed by atoms with E-state index in [2.05, 4.69) is 0 Å². The van der Waals surface area contributed by atoms with Gasteiger partial charge in [0.1, 0.15) is 17.2 Å². The summed E-state index contributed by atoms with van der Waals surface area (Å²) in [6.45, 7) is 1.43. The first-order valence-corrected chi connectivity index (χ1v) is 6.47. The minimum absolute atomic E-state index is 0.177. The lowest BCUT2D eigenvalue weighted by molar-refractivity contribution is -0.148. The lowest BCUT2D eigenvalue weighted by Crippen LogP contribution is -2.41. The Kier molecular flexibility index (Phi) is 3.56. The van der Waals surface area contributed by atoms with Crippen molar-refractivity contribution in [2.45, 2.75) is 18.3 Å². The lowest BCUT2D eigenvalue weighted by Gasteiger charge is -2.27. The zero-order valence-corrected chi connectivity index (χ0v) is 10.5. The summed E-state index contributed by atoms with van der Waals surface area (Å²) in [6, 6.07) is 5.16. The number of carbonyl (C=O) groups is 2. The maximum atomic E-state index is 13.7. The molecular weight excluding hydrogens is 257 g/mol. The van der Waals surface area contributed by atoms with Crippen molar-refractivity contribution in [2.24, 2.45) is 0 Å². The van der Waals surface area contributed by atoms with Gasteiger partial charge in [-0.15, -0.1) is 11.8 Å². The molecule has 1 fully saturated rings. The number of carboxylic acids is 1. The van der Waals surface area contributed by atoms with Gasteiger partial charge in [0.05, 0.1) is 5.75 Å². The predicted octanol–water partition coefficient (Wildman–Crippen LogP) is 1.87. The molecule has 6 heteroatoms. The first-order valence-electron chi connectivity index (χ1n) is 5.42. The Morgan fingerprint density at radius 2 is 2.22 bits per heavy atom. The Hall–Kier alpha value is -1.56. The fourth-order valence-electron chi connectivity index (χ4n) is 1.89. The normalized spacial score (nSPS) is 21.1. The van der Waals surface area contributed by atoms with E-state index in [4.69, 9.17) is 5.11 Å². The third kappa shape index (κ3) is 2.20. The van der Waals surface area contributed by atoms with Crippen LogP contribution in [0.25, 0.3) is 0 Å². The number of hydrogen-bond donors (Lipinski definition) is 1. The van der Waals surface area contributed by atoms with Gasteiger partial charge < -0.3 is 10.0 Å². The van der Waals surface area contributed by atoms with Crippen LogP contribution in [0.15, 0.2) is 24.3 Å². The molecule has 0 aliphatic carbocycles. The molecule has 1 aliphatic rings. The van der Waals surface area contributed by atoms with Gasteiger partial charge >= 0.3 is 5.97 Å². The third-order valence-corrected chi connectivity index (χ3v) is 4.06. The van der Waals surface area contributed by atoms with Crippen LogP contribution >= 0.6 is 11.8 Å². The van der Waals surface area contributed by atoms with Gasteiger partial charge in [0.25, 0.3) is 0 Å². The maximum Gasteiger partial charge on any atom is 0.326 e. The third-order valence-electron chi connectivity index (χ3n) is 2.85. The Labute approximate surface area is 108 Å². The Balaban J connectivity index is 2.35. The number of thioether (sulfide) groups is 1. The van der Waals surface area contributed by atoms with E-state index in [1.54, 1.807) is 18.2 Å². The quantitative estimate of drug-likeness (QED) is 0.910. The second kappa shape index (κ2) is 4.97. The number of carboxylic acid groups (broad SMARTS) is 1. The molecule has 1 aromatic rings. The molecule has 4 nitrogen and oxygen atoms in total. The van der Waals surface area contributed by atoms with Crippen LogP contribution in [0, 0.1) is 5.82 Å². The van der Waals surface area contributed by atoms with Crippen molar-refractivity contribution >= 4 is 23.6 Å². The van der Waals surface area contributed by atoms with Crippen molar-refractivity contribution < 1.29 is 19.1 Å². The first kappa shape index (κ1) is 12.9. The highest BCUT2D eigenvalue weighted by Crippen LogP contribution is 2.40. The Morgan fingerprint density at radius 1 is 1.56 bits per heavy atom. The minimum atomic E-state index is -1.09. The zero-order chi connectivity index (χ0) is 13.3. The number of nitrogens with zero attached hydrogens (tertiary/aromatic N) is 1. The van der Waals surface area contributed by atoms with Crippen molar-refractivity contribution in [1.82, 2.24) is 4.90 Å². The van der Waals surface area contributed by atoms with Gasteiger partial charge in [0.2, 0.25) is 5.91 Å². The number of amides is 1. The second-order valence-corrected chi connectivity index (χ2v) is 5.07. The van der Waals surface area contributed by atoms with Crippen LogP contribution in [0.2, 0.25) is 0 Å². The van der Waals surface area contributed by atoms with E-state index in [1.807, 2.05) is 0 Å². The molecule has 1 N–H and O–H groups in total. The maximum absolute atomic E-state index is 13.7. The smallest absolute Gasteiger partial charge is 0.326 e. The highest BCUT2D eigenvalue weighted by Gasteiger charge is 2.39. The molecule has 0 spiro atoms. The second-order valence-electron chi connectivity index (χ2n) is 4.00. The number of benzene rings is 1. The van der Waals surface area contributed by atoms with Crippen molar-refractivity contribution in [3.05, 3.63) is 35.6 Å². The average molecular weight is 269 g/mol. The van der Waals surface area contributed by atoms with Gasteiger partial charge in [-0.1, -0.05) is 18.2 Å². The van der Waals surface area contributed by atoms with Crippen LogP contribution in [0.1, 0.15) is 17.9 Å². The molecule has 1 heterocycles. The van der Waals surface area contributed by atoms with Gasteiger partial charge in [-0.3, -0.25) is 4.79 Å². The molecule has 0 aromatic heterocycles. The molecule has 0 bridgehead atoms. The molecule has 2 rings (SSSR count). The molecule has 96 valence electrons. The van der Waals surface area contributed by atoms with Crippen LogP contribution < -0.4 is 0 Å². The molecule has 2 atom stereocenters. The van der Waals surface area contributed by atoms with E-state index in [0.717, 1.165) is 0 Å². The summed E-state index contributed by atoms with van der Waals surface area (Å²) >= 11 is 1.24. The van der Waals surface area contributed by atoms with Crippen LogP contribution in [-0.2, 0) is 9.59 Å². The van der Waals surface area contributed by atoms with Crippen LogP contribution in [0.4, 0.5) is 4.39 Å². The van der Waals surface area contributed by atoms with Crippen molar-refractivity contribution in [1.29, 1.82) is 0 Å². The standard InChI is InChI=1S/C12H12FNO3S/c1-7(12(16)17)14-10(15)6-18-11(14)8-4-2-3-5-9(8)13/h2-5,7,11H,6H2,1H3,(H,16,17)/t7-,11+/m1/s1. The highest BCUT2D eigenvalue weighted by molar-refractivity contribution is 8.00. The summed E-state index contributed by atoms with van der Waals surface area (Å²) in [6.07, 6.45) is 0. The van der Waals surface area contributed by atoms with E-state index in [-0.39, 0.29) is 11.7 Å². The van der Waals surface area contributed by atoms with Gasteiger partial charge in [-0.2, -0.15) is 0 Å². The topological polar surface area (TPSA) is 57.6 Å². The van der Waals surface area contributed by atoms with E-state index in [1.165, 1.54) is 29.7 Å². The summed E-state index contributed by atoms with van der Waals surface area (Å²) in [5.74, 6) is -1.61. The van der Waals surface area contributed by atoms with Crippen LogP contribution in [0.5, 0.6) is 0 Å². The van der Waals surface area contributed by atoms with Gasteiger partial charge in [0.15, 0.2) is 0 Å². The number of halogens is 1. The van der Waals surface area contributed by atoms with Gasteiger partial charge in [-0.05, 0) is 13.0 Å². The van der Waals surface area contributed by atoms with Crippen LogP contribution in [-0.4, -0.2) is 33.7 Å². The van der Waals surface area contributed by atoms with E-state index in [9.17, 15) is 14.0 Å². The fraction of sp³-hybridized carbons (Fsp3) is 0.333. The van der Waals surface area contributed by atoms with Crippen molar-refractivity contribution in [3.63, 3.8) is 0 Å². The number of hydrogen-bond acceptors (Lipinski definition) is 3.